The van der Waals surface area contributed by atoms with Crippen LogP contribution in [-0.4, -0.2) is 26.8 Å². The van der Waals surface area contributed by atoms with Crippen LogP contribution in [0.5, 0.6) is 0 Å². The molecule has 0 atom stereocenters. The predicted molar refractivity (Wildman–Crippen MR) is 125 cm³/mol. The number of pyridine rings is 1. The van der Waals surface area contributed by atoms with Gasteiger partial charge in [0.1, 0.15) is 5.82 Å². The van der Waals surface area contributed by atoms with Gasteiger partial charge >= 0.3 is 6.18 Å². The van der Waals surface area contributed by atoms with Gasteiger partial charge in [0.25, 0.3) is 0 Å². The van der Waals surface area contributed by atoms with Crippen LogP contribution in [0.1, 0.15) is 23.4 Å². The van der Waals surface area contributed by atoms with E-state index in [1.165, 1.54) is 11.8 Å². The number of carbonyl (C=O) groups is 1. The Balaban J connectivity index is 1.33. The first-order chi connectivity index (χ1) is 16.3. The van der Waals surface area contributed by atoms with Crippen LogP contribution in [0.2, 0.25) is 0 Å². The number of benzene rings is 2. The van der Waals surface area contributed by atoms with Crippen molar-refractivity contribution in [1.82, 2.24) is 15.2 Å². The summed E-state index contributed by atoms with van der Waals surface area (Å²) in [6.45, 7) is 0. The normalized spacial score (nSPS) is 11.9. The number of aromatic nitrogens is 3. The highest BCUT2D eigenvalue weighted by molar-refractivity contribution is 7.99. The minimum atomic E-state index is -4.83. The van der Waals surface area contributed by atoms with Gasteiger partial charge in [-0.2, -0.15) is 18.3 Å². The maximum Gasteiger partial charge on any atom is 0.419 e. The van der Waals surface area contributed by atoms with Crippen molar-refractivity contribution in [3.05, 3.63) is 83.6 Å². The molecule has 0 saturated carbocycles. The number of halogens is 4. The molecule has 0 fully saturated rings. The molecule has 2 N–H and O–H groups in total. The second-order valence-electron chi connectivity index (χ2n) is 7.24. The zero-order valence-electron chi connectivity index (χ0n) is 17.6. The van der Waals surface area contributed by atoms with Gasteiger partial charge in [0.05, 0.1) is 22.5 Å². The number of rotatable bonds is 7. The van der Waals surface area contributed by atoms with E-state index in [0.717, 1.165) is 33.3 Å². The second-order valence-corrected chi connectivity index (χ2v) is 8.41. The van der Waals surface area contributed by atoms with Crippen molar-refractivity contribution in [3.8, 4) is 0 Å². The molecule has 0 bridgehead atoms. The lowest BCUT2D eigenvalue weighted by Crippen LogP contribution is -2.14. The predicted octanol–water partition coefficient (Wildman–Crippen LogP) is 6.41. The molecular formula is C24H18F4N4OS. The highest BCUT2D eigenvalue weighted by Crippen LogP contribution is 2.33. The number of alkyl halides is 3. The molecule has 2 aromatic carbocycles. The molecule has 0 spiro atoms. The first kappa shape index (κ1) is 23.5. The Bertz CT molecular complexity index is 1340. The minimum absolute atomic E-state index is 0.0719. The number of anilines is 1. The average molecular weight is 486 g/mol. The van der Waals surface area contributed by atoms with Gasteiger partial charge in [-0.1, -0.05) is 6.07 Å². The van der Waals surface area contributed by atoms with Crippen LogP contribution in [0, 0.1) is 5.82 Å². The van der Waals surface area contributed by atoms with Crippen LogP contribution >= 0.6 is 11.8 Å². The summed E-state index contributed by atoms with van der Waals surface area (Å²) >= 11 is 1.43. The van der Waals surface area contributed by atoms with Gasteiger partial charge in [-0.15, -0.1) is 11.8 Å². The Kier molecular flexibility index (Phi) is 6.97. The maximum absolute atomic E-state index is 13.4. The van der Waals surface area contributed by atoms with Crippen molar-refractivity contribution < 1.29 is 22.4 Å². The average Bonchev–Trinajstić information content (AvgIpc) is 3.21. The van der Waals surface area contributed by atoms with Crippen LogP contribution in [-0.2, 0) is 11.0 Å². The van der Waals surface area contributed by atoms with E-state index in [9.17, 15) is 22.4 Å². The lowest BCUT2D eigenvalue weighted by molar-refractivity contribution is -0.140. The summed E-state index contributed by atoms with van der Waals surface area (Å²) in [5, 5.41) is 10.6. The Morgan fingerprint density at radius 1 is 1.09 bits per heavy atom. The van der Waals surface area contributed by atoms with Gasteiger partial charge < -0.3 is 5.32 Å². The van der Waals surface area contributed by atoms with Gasteiger partial charge in [-0.05, 0) is 60.7 Å². The van der Waals surface area contributed by atoms with Crippen molar-refractivity contribution in [3.63, 3.8) is 0 Å². The number of H-pyrrole nitrogens is 1. The summed E-state index contributed by atoms with van der Waals surface area (Å²) in [6, 6.07) is 13.8. The standard InChI is InChI=1S/C24H18F4N4OS/c25-20-8-4-16(13-19(20)24(26,27)28)30-23(33)10-12-34-17-6-7-18-21(31-32-22(18)14-17)9-5-15-3-1-2-11-29-15/h1-9,11,13-14H,10,12H2,(H,30,33)(H,31,32). The van der Waals surface area contributed by atoms with Gasteiger partial charge in [0, 0.05) is 34.3 Å². The van der Waals surface area contributed by atoms with Crippen LogP contribution in [0.4, 0.5) is 23.2 Å². The molecule has 1 amide bonds. The van der Waals surface area contributed by atoms with Crippen molar-refractivity contribution >= 4 is 46.4 Å². The number of hydrogen-bond donors (Lipinski definition) is 2. The van der Waals surface area contributed by atoms with Crippen LogP contribution in [0.25, 0.3) is 23.1 Å². The summed E-state index contributed by atoms with van der Waals surface area (Å²) < 4.78 is 51.8. The van der Waals surface area contributed by atoms with E-state index >= 15 is 0 Å². The van der Waals surface area contributed by atoms with E-state index in [-0.39, 0.29) is 12.1 Å². The fraction of sp³-hybridized carbons (Fsp3) is 0.125. The topological polar surface area (TPSA) is 70.7 Å². The summed E-state index contributed by atoms with van der Waals surface area (Å²) in [5.41, 5.74) is 0.908. The third kappa shape index (κ3) is 5.82. The van der Waals surface area contributed by atoms with Crippen LogP contribution in [0.15, 0.2) is 65.7 Å². The number of hydrogen-bond acceptors (Lipinski definition) is 4. The number of thioether (sulfide) groups is 1. The van der Waals surface area contributed by atoms with E-state index in [2.05, 4.69) is 20.5 Å². The van der Waals surface area contributed by atoms with Crippen molar-refractivity contribution in [2.24, 2.45) is 0 Å². The van der Waals surface area contributed by atoms with Crippen molar-refractivity contribution in [2.45, 2.75) is 17.5 Å². The smallest absolute Gasteiger partial charge is 0.326 e. The molecule has 5 nitrogen and oxygen atoms in total. The van der Waals surface area contributed by atoms with Crippen LogP contribution < -0.4 is 5.32 Å². The van der Waals surface area contributed by atoms with E-state index in [0.29, 0.717) is 17.9 Å². The molecule has 10 heteroatoms. The minimum Gasteiger partial charge on any atom is -0.326 e. The molecule has 34 heavy (non-hydrogen) atoms. The van der Waals surface area contributed by atoms with Gasteiger partial charge in [0.2, 0.25) is 5.91 Å². The highest BCUT2D eigenvalue weighted by atomic mass is 32.2. The molecule has 2 aromatic heterocycles. The maximum atomic E-state index is 13.4. The first-order valence-corrected chi connectivity index (χ1v) is 11.1. The van der Waals surface area contributed by atoms with E-state index in [1.54, 1.807) is 6.20 Å². The van der Waals surface area contributed by atoms with Gasteiger partial charge in [-0.3, -0.25) is 14.9 Å². The molecule has 174 valence electrons. The molecular weight excluding hydrogens is 468 g/mol. The third-order valence-corrected chi connectivity index (χ3v) is 5.81. The molecule has 4 aromatic rings. The summed E-state index contributed by atoms with van der Waals surface area (Å²) in [4.78, 5) is 17.3. The Labute approximate surface area is 196 Å². The molecule has 0 aliphatic heterocycles. The fourth-order valence-corrected chi connectivity index (χ4v) is 4.07. The zero-order valence-corrected chi connectivity index (χ0v) is 18.4. The number of fused-ring (bicyclic) bond motifs is 1. The SMILES string of the molecule is O=C(CCSc1ccc2c(C=Cc3ccccn3)n[nH]c2c1)Nc1ccc(F)c(C(F)(F)F)c1. The van der Waals surface area contributed by atoms with Crippen molar-refractivity contribution in [2.75, 3.05) is 11.1 Å². The van der Waals surface area contributed by atoms with E-state index in [1.807, 2.05) is 48.6 Å². The Hall–Kier alpha value is -3.66. The molecule has 0 unspecified atom stereocenters. The lowest BCUT2D eigenvalue weighted by Gasteiger charge is -2.11. The number of nitrogens with zero attached hydrogens (tertiary/aromatic N) is 2. The first-order valence-electron chi connectivity index (χ1n) is 10.2. The molecule has 0 radical (unpaired) electrons. The second kappa shape index (κ2) is 10.1. The van der Waals surface area contributed by atoms with E-state index in [4.69, 9.17) is 0 Å². The molecule has 2 heterocycles. The Morgan fingerprint density at radius 3 is 2.71 bits per heavy atom. The third-order valence-electron chi connectivity index (χ3n) is 4.82. The Morgan fingerprint density at radius 2 is 1.94 bits per heavy atom. The molecule has 0 aliphatic rings. The van der Waals surface area contributed by atoms with E-state index < -0.39 is 23.5 Å². The quantitative estimate of drug-likeness (QED) is 0.234. The number of nitrogens with one attached hydrogen (secondary N) is 2. The lowest BCUT2D eigenvalue weighted by atomic mass is 10.2. The van der Waals surface area contributed by atoms with Crippen molar-refractivity contribution in [1.29, 1.82) is 0 Å². The molecule has 0 aliphatic carbocycles. The highest BCUT2D eigenvalue weighted by Gasteiger charge is 2.34. The van der Waals surface area contributed by atoms with Gasteiger partial charge in [-0.25, -0.2) is 4.39 Å². The zero-order chi connectivity index (χ0) is 24.1. The summed E-state index contributed by atoms with van der Waals surface area (Å²) in [5.74, 6) is -1.44. The molecule has 0 saturated heterocycles. The van der Waals surface area contributed by atoms with Crippen LogP contribution in [0.3, 0.4) is 0 Å². The fourth-order valence-electron chi connectivity index (χ4n) is 3.18. The van der Waals surface area contributed by atoms with Gasteiger partial charge in [0.15, 0.2) is 0 Å². The number of amides is 1. The summed E-state index contributed by atoms with van der Waals surface area (Å²) in [7, 11) is 0. The number of aromatic amines is 1. The molecule has 4 rings (SSSR count). The number of carbonyl (C=O) groups excluding carboxylic acids is 1. The monoisotopic (exact) mass is 486 g/mol. The largest absolute Gasteiger partial charge is 0.419 e. The summed E-state index contributed by atoms with van der Waals surface area (Å²) in [6.07, 6.45) is 0.696.